The molecule has 3 aromatic rings. The minimum atomic E-state index is -0.602. The maximum atomic E-state index is 13.3. The van der Waals surface area contributed by atoms with Gasteiger partial charge in [0.2, 0.25) is 5.91 Å². The molecule has 0 fully saturated rings. The first-order valence-electron chi connectivity index (χ1n) is 8.47. The lowest BCUT2D eigenvalue weighted by atomic mass is 10.1. The minimum absolute atomic E-state index is 0.0198. The monoisotopic (exact) mass is 396 g/mol. The molecular formula is C20H17FN4O2S. The zero-order chi connectivity index (χ0) is 20.3. The standard InChI is InChI=1S/C20H17FN4O2S/c1-12-13(2)24-25(20(27)16(12)10-22)11-18(26)23-19(17-4-3-9-28-17)14-5-7-15(21)8-6-14/h3-9,19H,11H2,1-2H3,(H,23,26)/t19-/m1/s1. The van der Waals surface area contributed by atoms with Crippen molar-refractivity contribution in [2.75, 3.05) is 0 Å². The third kappa shape index (κ3) is 4.00. The molecule has 0 aliphatic carbocycles. The summed E-state index contributed by atoms with van der Waals surface area (Å²) in [5.74, 6) is -0.806. The highest BCUT2D eigenvalue weighted by molar-refractivity contribution is 7.10. The summed E-state index contributed by atoms with van der Waals surface area (Å²) in [7, 11) is 0. The van der Waals surface area contributed by atoms with Crippen molar-refractivity contribution < 1.29 is 9.18 Å². The van der Waals surface area contributed by atoms with Crippen LogP contribution in [0.3, 0.4) is 0 Å². The number of carbonyl (C=O) groups excluding carboxylic acids is 1. The van der Waals surface area contributed by atoms with Crippen molar-refractivity contribution in [1.29, 1.82) is 5.26 Å². The van der Waals surface area contributed by atoms with E-state index in [2.05, 4.69) is 10.4 Å². The number of nitrogens with zero attached hydrogens (tertiary/aromatic N) is 3. The predicted octanol–water partition coefficient (Wildman–Crippen LogP) is 2.84. The summed E-state index contributed by atoms with van der Waals surface area (Å²) in [5.41, 5.74) is 1.11. The van der Waals surface area contributed by atoms with Crippen LogP contribution in [0.15, 0.2) is 46.6 Å². The van der Waals surface area contributed by atoms with E-state index in [1.54, 1.807) is 26.0 Å². The first-order chi connectivity index (χ1) is 13.4. The molecule has 0 spiro atoms. The molecule has 0 saturated carbocycles. The van der Waals surface area contributed by atoms with Crippen LogP contribution < -0.4 is 10.9 Å². The Hall–Kier alpha value is -3.31. The number of aryl methyl sites for hydroxylation is 1. The molecular weight excluding hydrogens is 379 g/mol. The number of amides is 1. The van der Waals surface area contributed by atoms with Crippen LogP contribution in [0, 0.1) is 31.0 Å². The number of aromatic nitrogens is 2. The number of hydrogen-bond donors (Lipinski definition) is 1. The average Bonchev–Trinajstić information content (AvgIpc) is 3.20. The summed E-state index contributed by atoms with van der Waals surface area (Å²) >= 11 is 1.46. The molecule has 0 aliphatic rings. The Bertz CT molecular complexity index is 1100. The molecule has 142 valence electrons. The number of nitrogens with one attached hydrogen (secondary N) is 1. The summed E-state index contributed by atoms with van der Waals surface area (Å²) < 4.78 is 14.3. The largest absolute Gasteiger partial charge is 0.343 e. The first-order valence-corrected chi connectivity index (χ1v) is 9.35. The Balaban J connectivity index is 1.88. The van der Waals surface area contributed by atoms with Crippen molar-refractivity contribution in [2.24, 2.45) is 0 Å². The van der Waals surface area contributed by atoms with Gasteiger partial charge in [0.05, 0.1) is 11.7 Å². The molecule has 1 amide bonds. The molecule has 0 bridgehead atoms. The average molecular weight is 396 g/mol. The number of carbonyl (C=O) groups is 1. The number of hydrogen-bond acceptors (Lipinski definition) is 5. The molecule has 3 rings (SSSR count). The van der Waals surface area contributed by atoms with Crippen LogP contribution in [0.2, 0.25) is 0 Å². The molecule has 28 heavy (non-hydrogen) atoms. The van der Waals surface area contributed by atoms with Gasteiger partial charge < -0.3 is 5.32 Å². The molecule has 0 radical (unpaired) electrons. The summed E-state index contributed by atoms with van der Waals surface area (Å²) in [6, 6.07) is 11.0. The van der Waals surface area contributed by atoms with Crippen LogP contribution in [0.25, 0.3) is 0 Å². The van der Waals surface area contributed by atoms with Gasteiger partial charge >= 0.3 is 0 Å². The molecule has 2 aromatic heterocycles. The third-order valence-corrected chi connectivity index (χ3v) is 5.32. The van der Waals surface area contributed by atoms with Gasteiger partial charge in [0.15, 0.2) is 0 Å². The van der Waals surface area contributed by atoms with Gasteiger partial charge in [-0.3, -0.25) is 9.59 Å². The quantitative estimate of drug-likeness (QED) is 0.718. The van der Waals surface area contributed by atoms with Gasteiger partial charge in [-0.05, 0) is 48.6 Å². The second kappa shape index (κ2) is 8.15. The Kier molecular flexibility index (Phi) is 5.66. The third-order valence-electron chi connectivity index (χ3n) is 4.38. The van der Waals surface area contributed by atoms with Crippen molar-refractivity contribution in [1.82, 2.24) is 15.1 Å². The van der Waals surface area contributed by atoms with Gasteiger partial charge in [0.1, 0.15) is 24.0 Å². The van der Waals surface area contributed by atoms with E-state index in [0.717, 1.165) is 15.1 Å². The predicted molar refractivity (Wildman–Crippen MR) is 103 cm³/mol. The molecule has 0 aliphatic heterocycles. The van der Waals surface area contributed by atoms with E-state index in [9.17, 15) is 19.2 Å². The fraction of sp³-hybridized carbons (Fsp3) is 0.200. The Labute approximate surface area is 164 Å². The highest BCUT2D eigenvalue weighted by Gasteiger charge is 2.20. The SMILES string of the molecule is Cc1nn(CC(=O)N[C@H](c2ccc(F)cc2)c2cccs2)c(=O)c(C#N)c1C. The topological polar surface area (TPSA) is 87.8 Å². The smallest absolute Gasteiger partial charge is 0.285 e. The van der Waals surface area contributed by atoms with Crippen molar-refractivity contribution in [3.63, 3.8) is 0 Å². The van der Waals surface area contributed by atoms with E-state index in [1.165, 1.54) is 23.5 Å². The van der Waals surface area contributed by atoms with Gasteiger partial charge in [-0.2, -0.15) is 10.4 Å². The molecule has 1 aromatic carbocycles. The number of thiophene rings is 1. The van der Waals surface area contributed by atoms with Crippen LogP contribution in [-0.4, -0.2) is 15.7 Å². The van der Waals surface area contributed by atoms with Crippen LogP contribution in [0.1, 0.15) is 33.3 Å². The first kappa shape index (κ1) is 19.5. The van der Waals surface area contributed by atoms with Crippen molar-refractivity contribution in [2.45, 2.75) is 26.4 Å². The van der Waals surface area contributed by atoms with Gasteiger partial charge in [0.25, 0.3) is 5.56 Å². The summed E-state index contributed by atoms with van der Waals surface area (Å²) in [6.07, 6.45) is 0. The van der Waals surface area contributed by atoms with E-state index in [0.29, 0.717) is 11.3 Å². The van der Waals surface area contributed by atoms with Gasteiger partial charge in [0, 0.05) is 4.88 Å². The fourth-order valence-corrected chi connectivity index (χ4v) is 3.59. The highest BCUT2D eigenvalue weighted by atomic mass is 32.1. The van der Waals surface area contributed by atoms with Gasteiger partial charge in [-0.1, -0.05) is 18.2 Å². The molecule has 2 heterocycles. The van der Waals surface area contributed by atoms with Crippen molar-refractivity contribution >= 4 is 17.2 Å². The zero-order valence-corrected chi connectivity index (χ0v) is 16.1. The van der Waals surface area contributed by atoms with Crippen LogP contribution in [0.4, 0.5) is 4.39 Å². The van der Waals surface area contributed by atoms with Crippen molar-refractivity contribution in [3.8, 4) is 6.07 Å². The van der Waals surface area contributed by atoms with E-state index in [4.69, 9.17) is 0 Å². The van der Waals surface area contributed by atoms with Crippen molar-refractivity contribution in [3.05, 3.63) is 85.2 Å². The number of benzene rings is 1. The normalized spacial score (nSPS) is 11.6. The Morgan fingerprint density at radius 3 is 2.64 bits per heavy atom. The lowest BCUT2D eigenvalue weighted by Crippen LogP contribution is -2.37. The van der Waals surface area contributed by atoms with Crippen LogP contribution in [0.5, 0.6) is 0 Å². The number of halogens is 1. The molecule has 0 unspecified atom stereocenters. The van der Waals surface area contributed by atoms with Crippen LogP contribution in [-0.2, 0) is 11.3 Å². The summed E-state index contributed by atoms with van der Waals surface area (Å²) in [4.78, 5) is 25.9. The van der Waals surface area contributed by atoms with E-state index in [-0.39, 0.29) is 17.9 Å². The minimum Gasteiger partial charge on any atom is -0.343 e. The van der Waals surface area contributed by atoms with Crippen LogP contribution >= 0.6 is 11.3 Å². The molecule has 1 N–H and O–H groups in total. The second-order valence-electron chi connectivity index (χ2n) is 6.23. The maximum absolute atomic E-state index is 13.3. The number of rotatable bonds is 5. The molecule has 1 atom stereocenters. The molecule has 6 nitrogen and oxygen atoms in total. The molecule has 0 saturated heterocycles. The van der Waals surface area contributed by atoms with Gasteiger partial charge in [-0.25, -0.2) is 9.07 Å². The molecule has 8 heteroatoms. The summed E-state index contributed by atoms with van der Waals surface area (Å²) in [5, 5.41) is 18.1. The Morgan fingerprint density at radius 1 is 1.32 bits per heavy atom. The lowest BCUT2D eigenvalue weighted by Gasteiger charge is -2.18. The number of nitriles is 1. The van der Waals surface area contributed by atoms with Gasteiger partial charge in [-0.15, -0.1) is 11.3 Å². The lowest BCUT2D eigenvalue weighted by molar-refractivity contribution is -0.122. The Morgan fingerprint density at radius 2 is 2.04 bits per heavy atom. The van der Waals surface area contributed by atoms with E-state index >= 15 is 0 Å². The van der Waals surface area contributed by atoms with E-state index < -0.39 is 17.5 Å². The maximum Gasteiger partial charge on any atom is 0.285 e. The zero-order valence-electron chi connectivity index (χ0n) is 15.3. The summed E-state index contributed by atoms with van der Waals surface area (Å²) in [6.45, 7) is 3.00. The fourth-order valence-electron chi connectivity index (χ4n) is 2.78. The second-order valence-corrected chi connectivity index (χ2v) is 7.21. The van der Waals surface area contributed by atoms with E-state index in [1.807, 2.05) is 23.6 Å². The highest BCUT2D eigenvalue weighted by Crippen LogP contribution is 2.26.